The summed E-state index contributed by atoms with van der Waals surface area (Å²) in [5, 5.41) is 8.25. The summed E-state index contributed by atoms with van der Waals surface area (Å²) >= 11 is 0. The fourth-order valence-electron chi connectivity index (χ4n) is 1.69. The zero-order valence-electron chi connectivity index (χ0n) is 10.8. The van der Waals surface area contributed by atoms with E-state index in [-0.39, 0.29) is 17.9 Å². The van der Waals surface area contributed by atoms with Crippen LogP contribution in [-0.2, 0) is 11.3 Å². The second kappa shape index (κ2) is 6.78. The molecule has 0 radical (unpaired) electrons. The van der Waals surface area contributed by atoms with Crippen LogP contribution >= 0.6 is 0 Å². The maximum absolute atomic E-state index is 11.5. The summed E-state index contributed by atoms with van der Waals surface area (Å²) in [5.74, 6) is 0.318. The van der Waals surface area contributed by atoms with E-state index in [1.165, 1.54) is 0 Å². The van der Waals surface area contributed by atoms with Gasteiger partial charge in [-0.05, 0) is 18.4 Å². The Morgan fingerprint density at radius 3 is 2.37 bits per heavy atom. The Morgan fingerprint density at radius 2 is 1.68 bits per heavy atom. The minimum absolute atomic E-state index is 0.103. The Morgan fingerprint density at radius 1 is 1.00 bits per heavy atom. The van der Waals surface area contributed by atoms with Gasteiger partial charge in [-0.3, -0.25) is 4.79 Å². The lowest BCUT2D eigenvalue weighted by atomic mass is 10.2. The fourth-order valence-corrected chi connectivity index (χ4v) is 1.69. The number of carbonyl (C=O) groups is 2. The predicted molar refractivity (Wildman–Crippen MR) is 72.4 cm³/mol. The van der Waals surface area contributed by atoms with Crippen molar-refractivity contribution in [2.75, 3.05) is 13.1 Å². The second-order valence-corrected chi connectivity index (χ2v) is 4.66. The summed E-state index contributed by atoms with van der Waals surface area (Å²) in [7, 11) is 0. The molecule has 0 spiro atoms. The molecule has 19 heavy (non-hydrogen) atoms. The minimum Gasteiger partial charge on any atom is -0.354 e. The van der Waals surface area contributed by atoms with Crippen LogP contribution in [0, 0.1) is 5.92 Å². The number of amides is 3. The number of rotatable bonds is 6. The van der Waals surface area contributed by atoms with Crippen molar-refractivity contribution < 1.29 is 9.59 Å². The summed E-state index contributed by atoms with van der Waals surface area (Å²) < 4.78 is 0. The third-order valence-electron chi connectivity index (χ3n) is 2.95. The molecule has 1 aliphatic carbocycles. The molecule has 0 saturated heterocycles. The summed E-state index contributed by atoms with van der Waals surface area (Å²) in [6, 6.07) is 9.49. The van der Waals surface area contributed by atoms with Gasteiger partial charge in [-0.15, -0.1) is 0 Å². The molecule has 0 atom stereocenters. The first-order valence-electron chi connectivity index (χ1n) is 6.59. The maximum atomic E-state index is 11.5. The molecular formula is C14H19N3O2. The van der Waals surface area contributed by atoms with E-state index in [1.807, 2.05) is 30.3 Å². The summed E-state index contributed by atoms with van der Waals surface area (Å²) in [4.78, 5) is 22.8. The van der Waals surface area contributed by atoms with E-state index in [9.17, 15) is 9.59 Å². The predicted octanol–water partition coefficient (Wildman–Crippen LogP) is 1.01. The second-order valence-electron chi connectivity index (χ2n) is 4.66. The zero-order chi connectivity index (χ0) is 13.5. The molecule has 1 aromatic carbocycles. The minimum atomic E-state index is -0.218. The van der Waals surface area contributed by atoms with Crippen LogP contribution in [-0.4, -0.2) is 25.0 Å². The number of urea groups is 1. The van der Waals surface area contributed by atoms with Crippen LogP contribution < -0.4 is 16.0 Å². The SMILES string of the molecule is O=C(NCCNC(=O)C1CC1)NCc1ccccc1. The summed E-state index contributed by atoms with van der Waals surface area (Å²) in [6.45, 7) is 1.42. The average Bonchev–Trinajstić information content (AvgIpc) is 3.27. The van der Waals surface area contributed by atoms with E-state index in [4.69, 9.17) is 0 Å². The van der Waals surface area contributed by atoms with Crippen LogP contribution in [0.3, 0.4) is 0 Å². The van der Waals surface area contributed by atoms with Gasteiger partial charge in [-0.1, -0.05) is 30.3 Å². The number of hydrogen-bond donors (Lipinski definition) is 3. The molecule has 0 bridgehead atoms. The lowest BCUT2D eigenvalue weighted by molar-refractivity contribution is -0.122. The first kappa shape index (κ1) is 13.4. The van der Waals surface area contributed by atoms with Crippen LogP contribution in [0.2, 0.25) is 0 Å². The molecule has 1 fully saturated rings. The van der Waals surface area contributed by atoms with Crippen LogP contribution in [0.1, 0.15) is 18.4 Å². The van der Waals surface area contributed by atoms with Crippen LogP contribution in [0.25, 0.3) is 0 Å². The highest BCUT2D eigenvalue weighted by Gasteiger charge is 2.28. The van der Waals surface area contributed by atoms with Gasteiger partial charge in [0.05, 0.1) is 0 Å². The molecule has 2 rings (SSSR count). The molecule has 1 aromatic rings. The van der Waals surface area contributed by atoms with Crippen molar-refractivity contribution in [2.45, 2.75) is 19.4 Å². The van der Waals surface area contributed by atoms with Gasteiger partial charge in [-0.25, -0.2) is 4.79 Å². The van der Waals surface area contributed by atoms with E-state index in [1.54, 1.807) is 0 Å². The number of carbonyl (C=O) groups excluding carboxylic acids is 2. The first-order chi connectivity index (χ1) is 9.25. The Labute approximate surface area is 112 Å². The van der Waals surface area contributed by atoms with Gasteiger partial charge in [0.1, 0.15) is 0 Å². The highest BCUT2D eigenvalue weighted by molar-refractivity contribution is 5.80. The lowest BCUT2D eigenvalue weighted by Crippen LogP contribution is -2.40. The van der Waals surface area contributed by atoms with Crippen molar-refractivity contribution in [1.29, 1.82) is 0 Å². The molecule has 0 aromatic heterocycles. The van der Waals surface area contributed by atoms with Gasteiger partial charge < -0.3 is 16.0 Å². The third kappa shape index (κ3) is 4.99. The van der Waals surface area contributed by atoms with Crippen molar-refractivity contribution >= 4 is 11.9 Å². The number of benzene rings is 1. The largest absolute Gasteiger partial charge is 0.354 e. The summed E-state index contributed by atoms with van der Waals surface area (Å²) in [5.41, 5.74) is 1.06. The molecule has 3 amide bonds. The molecule has 3 N–H and O–H groups in total. The fraction of sp³-hybridized carbons (Fsp3) is 0.429. The van der Waals surface area contributed by atoms with Crippen molar-refractivity contribution in [2.24, 2.45) is 5.92 Å². The van der Waals surface area contributed by atoms with Crippen molar-refractivity contribution in [3.63, 3.8) is 0 Å². The lowest BCUT2D eigenvalue weighted by Gasteiger charge is -2.08. The monoisotopic (exact) mass is 261 g/mol. The van der Waals surface area contributed by atoms with Gasteiger partial charge in [-0.2, -0.15) is 0 Å². The van der Waals surface area contributed by atoms with Crippen LogP contribution in [0.5, 0.6) is 0 Å². The topological polar surface area (TPSA) is 70.2 Å². The molecular weight excluding hydrogens is 242 g/mol. The Kier molecular flexibility index (Phi) is 4.78. The Hall–Kier alpha value is -2.04. The van der Waals surface area contributed by atoms with Crippen LogP contribution in [0.15, 0.2) is 30.3 Å². The van der Waals surface area contributed by atoms with Gasteiger partial charge in [0.2, 0.25) is 5.91 Å². The van der Waals surface area contributed by atoms with E-state index in [0.717, 1.165) is 18.4 Å². The first-order valence-corrected chi connectivity index (χ1v) is 6.59. The molecule has 0 unspecified atom stereocenters. The van der Waals surface area contributed by atoms with E-state index < -0.39 is 0 Å². The van der Waals surface area contributed by atoms with Crippen molar-refractivity contribution in [3.05, 3.63) is 35.9 Å². The van der Waals surface area contributed by atoms with E-state index >= 15 is 0 Å². The number of nitrogens with one attached hydrogen (secondary N) is 3. The highest BCUT2D eigenvalue weighted by atomic mass is 16.2. The molecule has 0 aliphatic heterocycles. The van der Waals surface area contributed by atoms with E-state index in [0.29, 0.717) is 19.6 Å². The smallest absolute Gasteiger partial charge is 0.315 e. The van der Waals surface area contributed by atoms with Gasteiger partial charge in [0.15, 0.2) is 0 Å². The van der Waals surface area contributed by atoms with E-state index in [2.05, 4.69) is 16.0 Å². The quantitative estimate of drug-likeness (QED) is 0.669. The van der Waals surface area contributed by atoms with Crippen LogP contribution in [0.4, 0.5) is 4.79 Å². The van der Waals surface area contributed by atoms with Gasteiger partial charge in [0, 0.05) is 25.6 Å². The normalized spacial score (nSPS) is 13.7. The zero-order valence-corrected chi connectivity index (χ0v) is 10.8. The molecule has 1 saturated carbocycles. The number of hydrogen-bond acceptors (Lipinski definition) is 2. The molecule has 1 aliphatic rings. The standard InChI is InChI=1S/C14H19N3O2/c18-13(12-6-7-12)15-8-9-16-14(19)17-10-11-4-2-1-3-5-11/h1-5,12H,6-10H2,(H,15,18)(H2,16,17,19). The Balaban J connectivity index is 1.53. The highest BCUT2D eigenvalue weighted by Crippen LogP contribution is 2.28. The molecule has 0 heterocycles. The molecule has 5 nitrogen and oxygen atoms in total. The summed E-state index contributed by atoms with van der Waals surface area (Å²) in [6.07, 6.45) is 1.99. The van der Waals surface area contributed by atoms with Gasteiger partial charge in [0.25, 0.3) is 0 Å². The molecule has 102 valence electrons. The average molecular weight is 261 g/mol. The Bertz CT molecular complexity index is 430. The maximum Gasteiger partial charge on any atom is 0.315 e. The van der Waals surface area contributed by atoms with Gasteiger partial charge >= 0.3 is 6.03 Å². The van der Waals surface area contributed by atoms with Crippen molar-refractivity contribution in [1.82, 2.24) is 16.0 Å². The van der Waals surface area contributed by atoms with Crippen molar-refractivity contribution in [3.8, 4) is 0 Å². The molecule has 5 heteroatoms. The third-order valence-corrected chi connectivity index (χ3v) is 2.95.